The Labute approximate surface area is 156 Å². The van der Waals surface area contributed by atoms with Gasteiger partial charge in [0.2, 0.25) is 0 Å². The van der Waals surface area contributed by atoms with Crippen molar-refractivity contribution in [3.8, 4) is 0 Å². The molecule has 1 aromatic carbocycles. The van der Waals surface area contributed by atoms with Gasteiger partial charge in [-0.2, -0.15) is 0 Å². The molecule has 1 saturated heterocycles. The molecule has 2 heterocycles. The van der Waals surface area contributed by atoms with Gasteiger partial charge in [0.05, 0.1) is 11.1 Å². The lowest BCUT2D eigenvalue weighted by Crippen LogP contribution is -2.47. The van der Waals surface area contributed by atoms with Gasteiger partial charge in [0.1, 0.15) is 0 Å². The molecule has 2 aliphatic rings. The first kappa shape index (κ1) is 17.5. The van der Waals surface area contributed by atoms with E-state index in [2.05, 4.69) is 49.0 Å². The van der Waals surface area contributed by atoms with Crippen LogP contribution in [-0.4, -0.2) is 53.9 Å². The quantitative estimate of drug-likeness (QED) is 0.830. The topological polar surface area (TPSA) is 36.4 Å². The molecule has 4 rings (SSSR count). The number of fused-ring (bicyclic) bond motifs is 2. The number of likely N-dealkylation sites (N-methyl/N-ethyl adjacent to an activating group) is 1. The van der Waals surface area contributed by atoms with E-state index in [9.17, 15) is 4.79 Å². The highest BCUT2D eigenvalue weighted by Crippen LogP contribution is 2.31. The maximum atomic E-state index is 13.6. The van der Waals surface area contributed by atoms with Crippen molar-refractivity contribution in [3.05, 3.63) is 40.6 Å². The van der Waals surface area contributed by atoms with E-state index in [0.717, 1.165) is 60.9 Å². The average Bonchev–Trinajstić information content (AvgIpc) is 2.66. The van der Waals surface area contributed by atoms with Crippen molar-refractivity contribution >= 4 is 16.8 Å². The molecule has 26 heavy (non-hydrogen) atoms. The maximum Gasteiger partial charge on any atom is 0.254 e. The van der Waals surface area contributed by atoms with Gasteiger partial charge in [-0.3, -0.25) is 9.78 Å². The first-order chi connectivity index (χ1) is 12.5. The van der Waals surface area contributed by atoms with E-state index in [1.165, 1.54) is 24.0 Å². The summed E-state index contributed by atoms with van der Waals surface area (Å²) in [6.07, 6.45) is 6.58. The smallest absolute Gasteiger partial charge is 0.254 e. The van der Waals surface area contributed by atoms with Crippen LogP contribution in [-0.2, 0) is 12.8 Å². The second-order valence-corrected chi connectivity index (χ2v) is 8.15. The summed E-state index contributed by atoms with van der Waals surface area (Å²) in [6.45, 7) is 3.79. The van der Waals surface area contributed by atoms with Crippen LogP contribution >= 0.6 is 0 Å². The molecule has 0 saturated carbocycles. The SMILES string of the molecule is Cc1ccc2nc3c(c(C(=O)N4CCCC(N(C)C)C4)c2c1)CCCC3. The Morgan fingerprint density at radius 3 is 2.81 bits per heavy atom. The van der Waals surface area contributed by atoms with Crippen molar-refractivity contribution in [3.63, 3.8) is 0 Å². The molecule has 4 heteroatoms. The Morgan fingerprint density at radius 1 is 1.19 bits per heavy atom. The minimum absolute atomic E-state index is 0.215. The third-order valence-corrected chi connectivity index (χ3v) is 6.05. The molecule has 1 fully saturated rings. The number of amides is 1. The average molecular weight is 351 g/mol. The van der Waals surface area contributed by atoms with Gasteiger partial charge in [0.15, 0.2) is 0 Å². The van der Waals surface area contributed by atoms with Gasteiger partial charge in [-0.15, -0.1) is 0 Å². The highest BCUT2D eigenvalue weighted by Gasteiger charge is 2.30. The predicted molar refractivity (Wildman–Crippen MR) is 106 cm³/mol. The number of aryl methyl sites for hydroxylation is 2. The molecule has 4 nitrogen and oxygen atoms in total. The molecule has 1 aromatic heterocycles. The summed E-state index contributed by atoms with van der Waals surface area (Å²) in [5.41, 5.74) is 5.46. The van der Waals surface area contributed by atoms with E-state index < -0.39 is 0 Å². The molecule has 0 radical (unpaired) electrons. The number of aromatic nitrogens is 1. The number of nitrogens with zero attached hydrogens (tertiary/aromatic N) is 3. The first-order valence-corrected chi connectivity index (χ1v) is 9.92. The van der Waals surface area contributed by atoms with Crippen molar-refractivity contribution in [2.45, 2.75) is 51.5 Å². The largest absolute Gasteiger partial charge is 0.337 e. The van der Waals surface area contributed by atoms with E-state index in [1.54, 1.807) is 0 Å². The second-order valence-electron chi connectivity index (χ2n) is 8.15. The van der Waals surface area contributed by atoms with Crippen molar-refractivity contribution < 1.29 is 4.79 Å². The Balaban J connectivity index is 1.81. The number of rotatable bonds is 2. The predicted octanol–water partition coefficient (Wildman–Crippen LogP) is 3.59. The standard InChI is InChI=1S/C22H29N3O/c1-15-10-11-20-18(13-15)21(17-8-4-5-9-19(17)23-20)22(26)25-12-6-7-16(14-25)24(2)3/h10-11,13,16H,4-9,12,14H2,1-3H3. The Bertz CT molecular complexity index is 843. The summed E-state index contributed by atoms with van der Waals surface area (Å²) in [7, 11) is 4.23. The summed E-state index contributed by atoms with van der Waals surface area (Å²) >= 11 is 0. The van der Waals surface area contributed by atoms with Crippen LogP contribution in [0.3, 0.4) is 0 Å². The van der Waals surface area contributed by atoms with E-state index in [1.807, 2.05) is 0 Å². The lowest BCUT2D eigenvalue weighted by atomic mass is 9.88. The van der Waals surface area contributed by atoms with Crippen LogP contribution in [0.15, 0.2) is 18.2 Å². The number of carbonyl (C=O) groups excluding carboxylic acids is 1. The number of pyridine rings is 1. The highest BCUT2D eigenvalue weighted by molar-refractivity contribution is 6.08. The van der Waals surface area contributed by atoms with Crippen LogP contribution in [0.5, 0.6) is 0 Å². The van der Waals surface area contributed by atoms with E-state index >= 15 is 0 Å². The molecule has 1 unspecified atom stereocenters. The summed E-state index contributed by atoms with van der Waals surface area (Å²) in [6, 6.07) is 6.78. The zero-order chi connectivity index (χ0) is 18.3. The van der Waals surface area contributed by atoms with Gasteiger partial charge in [-0.1, -0.05) is 11.6 Å². The van der Waals surface area contributed by atoms with Gasteiger partial charge in [0.25, 0.3) is 5.91 Å². The van der Waals surface area contributed by atoms with Crippen LogP contribution in [0.25, 0.3) is 10.9 Å². The minimum Gasteiger partial charge on any atom is -0.337 e. The molecule has 1 amide bonds. The molecular weight excluding hydrogens is 322 g/mol. The van der Waals surface area contributed by atoms with Crippen LogP contribution in [0.1, 0.15) is 52.9 Å². The number of hydrogen-bond donors (Lipinski definition) is 0. The summed E-state index contributed by atoms with van der Waals surface area (Å²) in [5.74, 6) is 0.215. The number of hydrogen-bond acceptors (Lipinski definition) is 3. The summed E-state index contributed by atoms with van der Waals surface area (Å²) < 4.78 is 0. The monoisotopic (exact) mass is 351 g/mol. The second kappa shape index (κ2) is 6.99. The third-order valence-electron chi connectivity index (χ3n) is 6.05. The van der Waals surface area contributed by atoms with Gasteiger partial charge >= 0.3 is 0 Å². The Morgan fingerprint density at radius 2 is 2.00 bits per heavy atom. The van der Waals surface area contributed by atoms with Crippen molar-refractivity contribution in [1.82, 2.24) is 14.8 Å². The molecule has 2 aromatic rings. The third kappa shape index (κ3) is 3.11. The fourth-order valence-corrected chi connectivity index (χ4v) is 4.50. The van der Waals surface area contributed by atoms with Gasteiger partial charge in [0, 0.05) is 30.2 Å². The van der Waals surface area contributed by atoms with Crippen LogP contribution < -0.4 is 0 Å². The fourth-order valence-electron chi connectivity index (χ4n) is 4.50. The molecular formula is C22H29N3O. The lowest BCUT2D eigenvalue weighted by molar-refractivity contribution is 0.0635. The Kier molecular flexibility index (Phi) is 4.70. The molecule has 1 aliphatic heterocycles. The van der Waals surface area contributed by atoms with Gasteiger partial charge in [-0.05, 0) is 77.2 Å². The minimum atomic E-state index is 0.215. The van der Waals surface area contributed by atoms with E-state index in [-0.39, 0.29) is 5.91 Å². The number of likely N-dealkylation sites (tertiary alicyclic amines) is 1. The Hall–Kier alpha value is -1.94. The van der Waals surface area contributed by atoms with Crippen LogP contribution in [0, 0.1) is 6.92 Å². The van der Waals surface area contributed by atoms with Crippen molar-refractivity contribution in [2.24, 2.45) is 0 Å². The molecule has 0 N–H and O–H groups in total. The lowest BCUT2D eigenvalue weighted by Gasteiger charge is -2.37. The molecule has 138 valence electrons. The van der Waals surface area contributed by atoms with Crippen LogP contribution in [0.4, 0.5) is 0 Å². The first-order valence-electron chi connectivity index (χ1n) is 9.92. The summed E-state index contributed by atoms with van der Waals surface area (Å²) in [5, 5.41) is 1.04. The van der Waals surface area contributed by atoms with Crippen molar-refractivity contribution in [1.29, 1.82) is 0 Å². The van der Waals surface area contributed by atoms with Crippen molar-refractivity contribution in [2.75, 3.05) is 27.2 Å². The molecule has 0 bridgehead atoms. The fraction of sp³-hybridized carbons (Fsp3) is 0.545. The molecule has 1 atom stereocenters. The van der Waals surface area contributed by atoms with Crippen LogP contribution in [0.2, 0.25) is 0 Å². The highest BCUT2D eigenvalue weighted by atomic mass is 16.2. The van der Waals surface area contributed by atoms with E-state index in [0.29, 0.717) is 6.04 Å². The van der Waals surface area contributed by atoms with Gasteiger partial charge in [-0.25, -0.2) is 0 Å². The number of benzene rings is 1. The van der Waals surface area contributed by atoms with Gasteiger partial charge < -0.3 is 9.80 Å². The zero-order valence-electron chi connectivity index (χ0n) is 16.2. The number of piperidine rings is 1. The van der Waals surface area contributed by atoms with E-state index in [4.69, 9.17) is 4.98 Å². The number of carbonyl (C=O) groups is 1. The molecule has 1 aliphatic carbocycles. The zero-order valence-corrected chi connectivity index (χ0v) is 16.2. The normalized spacial score (nSPS) is 20.5. The summed E-state index contributed by atoms with van der Waals surface area (Å²) in [4.78, 5) is 22.9. The molecule has 0 spiro atoms. The maximum absolute atomic E-state index is 13.6.